The van der Waals surface area contributed by atoms with Gasteiger partial charge in [-0.2, -0.15) is 0 Å². The van der Waals surface area contributed by atoms with Gasteiger partial charge in [0, 0.05) is 44.3 Å². The van der Waals surface area contributed by atoms with Gasteiger partial charge in [0.05, 0.1) is 49.2 Å². The van der Waals surface area contributed by atoms with E-state index in [1.165, 1.54) is 0 Å². The zero-order chi connectivity index (χ0) is 53.0. The molecule has 2 aliphatic rings. The highest BCUT2D eigenvalue weighted by molar-refractivity contribution is 6.00. The summed E-state index contributed by atoms with van der Waals surface area (Å²) in [5, 5.41) is 0. The van der Waals surface area contributed by atoms with Crippen molar-refractivity contribution in [2.45, 2.75) is 27.7 Å². The number of benzene rings is 4. The molecule has 5 heterocycles. The summed E-state index contributed by atoms with van der Waals surface area (Å²) in [5.74, 6) is -0.198. The van der Waals surface area contributed by atoms with Gasteiger partial charge >= 0.3 is 23.9 Å². The Morgan fingerprint density at radius 1 is 0.355 bits per heavy atom. The highest BCUT2D eigenvalue weighted by Gasteiger charge is 2.21. The van der Waals surface area contributed by atoms with Crippen LogP contribution in [-0.4, -0.2) is 96.7 Å². The van der Waals surface area contributed by atoms with E-state index in [0.717, 1.165) is 22.3 Å². The average Bonchev–Trinajstić information content (AvgIpc) is 4.29. The third-order valence-electron chi connectivity index (χ3n) is 11.9. The van der Waals surface area contributed by atoms with Gasteiger partial charge in [-0.3, -0.25) is 0 Å². The Balaban J connectivity index is 1.33. The van der Waals surface area contributed by atoms with E-state index in [4.69, 9.17) is 47.9 Å². The van der Waals surface area contributed by atoms with Gasteiger partial charge in [0.1, 0.15) is 23.0 Å². The monoisotopic (exact) mass is 1020 g/mol. The van der Waals surface area contributed by atoms with E-state index < -0.39 is 23.9 Å². The van der Waals surface area contributed by atoms with Gasteiger partial charge in [-0.1, -0.05) is 48.5 Å². The fourth-order valence-electron chi connectivity index (χ4n) is 8.77. The molecule has 0 atom stereocenters. The molecule has 0 saturated carbocycles. The van der Waals surface area contributed by atoms with Crippen LogP contribution in [0.5, 0.6) is 23.0 Å². The number of fused-ring (bicyclic) bond motifs is 8. The van der Waals surface area contributed by atoms with Crippen molar-refractivity contribution >= 4 is 70.2 Å². The number of aromatic amines is 2. The summed E-state index contributed by atoms with van der Waals surface area (Å²) in [5.41, 5.74) is 11.0. The predicted octanol–water partition coefficient (Wildman–Crippen LogP) is 11.1. The highest BCUT2D eigenvalue weighted by Crippen LogP contribution is 2.40. The Labute approximate surface area is 437 Å². The molecule has 0 aliphatic carbocycles. The summed E-state index contributed by atoms with van der Waals surface area (Å²) in [6.45, 7) is 6.74. The van der Waals surface area contributed by atoms with Crippen LogP contribution in [0.4, 0.5) is 0 Å². The van der Waals surface area contributed by atoms with Crippen LogP contribution in [0.3, 0.4) is 0 Å². The molecule has 0 radical (unpaired) electrons. The molecule has 0 amide bonds. The number of hydrogen-bond acceptors (Lipinski definition) is 14. The smallest absolute Gasteiger partial charge is 0.344 e. The molecule has 3 aromatic heterocycles. The summed E-state index contributed by atoms with van der Waals surface area (Å²) >= 11 is 0. The minimum Gasteiger partial charge on any atom is -0.482 e. The van der Waals surface area contributed by atoms with Crippen LogP contribution in [0.2, 0.25) is 0 Å². The topological polar surface area (TPSA) is 199 Å². The van der Waals surface area contributed by atoms with Crippen molar-refractivity contribution in [2.24, 2.45) is 0 Å². The lowest BCUT2D eigenvalue weighted by molar-refractivity contribution is -0.146. The van der Waals surface area contributed by atoms with Gasteiger partial charge in [0.2, 0.25) is 0 Å². The maximum absolute atomic E-state index is 12.4. The van der Waals surface area contributed by atoms with Crippen LogP contribution in [0, 0.1) is 0 Å². The van der Waals surface area contributed by atoms with E-state index in [-0.39, 0.29) is 52.9 Å². The molecule has 0 spiro atoms. The van der Waals surface area contributed by atoms with E-state index in [9.17, 15) is 19.2 Å². The number of carbonyl (C=O) groups is 4. The van der Waals surface area contributed by atoms with Crippen LogP contribution in [0.25, 0.3) is 90.9 Å². The van der Waals surface area contributed by atoms with Gasteiger partial charge in [-0.15, -0.1) is 0 Å². The normalized spacial score (nSPS) is 11.4. The molecule has 386 valence electrons. The van der Waals surface area contributed by atoms with E-state index in [1.54, 1.807) is 52.0 Å². The SMILES string of the molecule is CCOC(=O)COc1cccc(-c2c3nc(c(-c4cccc(OCC(=O)OCC)c4)c4ccc([nH]4)c(-c4cccc(OCC(=O)OCC)c4)c4nc(c(-c5cccc(OCC(=O)OCC)c5)c5ccc2[nH]5)C=C4)C=C3)c1. The number of hydrogen-bond donors (Lipinski definition) is 2. The molecule has 76 heavy (non-hydrogen) atoms. The lowest BCUT2D eigenvalue weighted by Crippen LogP contribution is -2.14. The molecule has 2 N–H and O–H groups in total. The zero-order valence-corrected chi connectivity index (χ0v) is 42.3. The molecule has 2 aliphatic heterocycles. The van der Waals surface area contributed by atoms with E-state index in [2.05, 4.69) is 9.97 Å². The largest absolute Gasteiger partial charge is 0.482 e. The lowest BCUT2D eigenvalue weighted by Gasteiger charge is -2.10. The minimum atomic E-state index is -0.492. The number of rotatable bonds is 20. The summed E-state index contributed by atoms with van der Waals surface area (Å²) < 4.78 is 44.4. The van der Waals surface area contributed by atoms with Crippen molar-refractivity contribution < 1.29 is 57.1 Å². The van der Waals surface area contributed by atoms with Crippen molar-refractivity contribution in [3.05, 3.63) is 144 Å². The number of carbonyl (C=O) groups excluding carboxylic acids is 4. The number of H-pyrrole nitrogens is 2. The van der Waals surface area contributed by atoms with Crippen molar-refractivity contribution in [1.29, 1.82) is 0 Å². The molecule has 0 saturated heterocycles. The van der Waals surface area contributed by atoms with Crippen molar-refractivity contribution in [3.8, 4) is 67.5 Å². The van der Waals surface area contributed by atoms with Gasteiger partial charge < -0.3 is 47.9 Å². The van der Waals surface area contributed by atoms with Crippen molar-refractivity contribution in [2.75, 3.05) is 52.9 Å². The Hall–Kier alpha value is -9.44. The second-order valence-corrected chi connectivity index (χ2v) is 17.0. The number of nitrogens with one attached hydrogen (secondary N) is 2. The Morgan fingerprint density at radius 2 is 0.592 bits per heavy atom. The number of ether oxygens (including phenoxy) is 8. The van der Waals surface area contributed by atoms with Crippen LogP contribution in [-0.2, 0) is 38.1 Å². The fraction of sp³-hybridized carbons (Fsp3) is 0.200. The van der Waals surface area contributed by atoms with E-state index in [1.807, 2.05) is 121 Å². The summed E-state index contributed by atoms with van der Waals surface area (Å²) in [6, 6.07) is 37.5. The molecular formula is C60H54N4O12. The maximum atomic E-state index is 12.4. The van der Waals surface area contributed by atoms with Gasteiger partial charge in [0.15, 0.2) is 26.4 Å². The molecule has 9 rings (SSSR count). The molecular weight excluding hydrogens is 969 g/mol. The Bertz CT molecular complexity index is 3100. The fourth-order valence-corrected chi connectivity index (χ4v) is 8.77. The number of nitrogens with zero attached hydrogens (tertiary/aromatic N) is 2. The van der Waals surface area contributed by atoms with Crippen LogP contribution >= 0.6 is 0 Å². The molecule has 4 aromatic carbocycles. The third-order valence-corrected chi connectivity index (χ3v) is 11.9. The molecule has 16 heteroatoms. The number of esters is 4. The minimum absolute atomic E-state index is 0.224. The first kappa shape index (κ1) is 51.5. The first-order valence-corrected chi connectivity index (χ1v) is 24.8. The van der Waals surface area contributed by atoms with Crippen molar-refractivity contribution in [3.63, 3.8) is 0 Å². The summed E-state index contributed by atoms with van der Waals surface area (Å²) in [4.78, 5) is 67.8. The Morgan fingerprint density at radius 3 is 0.816 bits per heavy atom. The van der Waals surface area contributed by atoms with Crippen LogP contribution in [0.1, 0.15) is 50.5 Å². The molecule has 7 aromatic rings. The average molecular weight is 1020 g/mol. The maximum Gasteiger partial charge on any atom is 0.344 e. The first-order chi connectivity index (χ1) is 37.1. The van der Waals surface area contributed by atoms with Gasteiger partial charge in [-0.05, 0) is 147 Å². The Kier molecular flexibility index (Phi) is 16.3. The second kappa shape index (κ2) is 24.1. The van der Waals surface area contributed by atoms with E-state index in [0.29, 0.717) is 90.1 Å². The standard InChI is InChI=1S/C60H54N4O12/c1-5-69-53(65)33-73-41-17-9-13-37(29-41)57-45-21-23-47(61-45)58(38-14-10-18-42(30-38)74-34-54(66)70-6-2)49-25-27-51(63-49)60(40-16-12-20-44(32-40)76-36-56(68)72-8-4)52-28-26-50(64-52)59(48-24-22-46(57)62-48)39-15-11-19-43(31-39)75-35-55(67)71-7-3/h9-32,61,64H,5-8,33-36H2,1-4H3. The summed E-state index contributed by atoms with van der Waals surface area (Å²) in [7, 11) is 0. The first-order valence-electron chi connectivity index (χ1n) is 24.8. The van der Waals surface area contributed by atoms with Gasteiger partial charge in [-0.25, -0.2) is 29.1 Å². The summed E-state index contributed by atoms with van der Waals surface area (Å²) in [6.07, 6.45) is 7.78. The van der Waals surface area contributed by atoms with Crippen LogP contribution in [0.15, 0.2) is 121 Å². The second-order valence-electron chi connectivity index (χ2n) is 17.0. The van der Waals surface area contributed by atoms with Crippen molar-refractivity contribution in [1.82, 2.24) is 19.9 Å². The highest BCUT2D eigenvalue weighted by atomic mass is 16.6. The zero-order valence-electron chi connectivity index (χ0n) is 42.3. The molecule has 0 fully saturated rings. The molecule has 8 bridgehead atoms. The molecule has 0 unspecified atom stereocenters. The predicted molar refractivity (Wildman–Crippen MR) is 289 cm³/mol. The third kappa shape index (κ3) is 12.1. The quantitative estimate of drug-likeness (QED) is 0.0539. The van der Waals surface area contributed by atoms with Gasteiger partial charge in [0.25, 0.3) is 0 Å². The lowest BCUT2D eigenvalue weighted by atomic mass is 10.0. The number of aromatic nitrogens is 4. The van der Waals surface area contributed by atoms with Crippen LogP contribution < -0.4 is 18.9 Å². The van der Waals surface area contributed by atoms with E-state index >= 15 is 0 Å². The molecule has 16 nitrogen and oxygen atoms in total.